The number of anilines is 1. The molecule has 1 atom stereocenters. The molecule has 0 aliphatic heterocycles. The van der Waals surface area contributed by atoms with Crippen LogP contribution in [0.15, 0.2) is 12.4 Å². The standard InChI is InChI=1S/C13H22N6/c1-10(6-5-7-18(3)4)16-12-8-11(2)17-13-14-9-15-19(12)13/h8-10,16H,5-7H2,1-4H3. The third-order valence-electron chi connectivity index (χ3n) is 3.02. The number of rotatable bonds is 6. The maximum Gasteiger partial charge on any atom is 0.254 e. The molecule has 6 heteroatoms. The minimum absolute atomic E-state index is 0.397. The molecule has 1 unspecified atom stereocenters. The van der Waals surface area contributed by atoms with Gasteiger partial charge in [0.05, 0.1) is 0 Å². The van der Waals surface area contributed by atoms with Crippen LogP contribution in [0.1, 0.15) is 25.5 Å². The smallest absolute Gasteiger partial charge is 0.254 e. The fraction of sp³-hybridized carbons (Fsp3) is 0.615. The molecule has 0 aromatic carbocycles. The monoisotopic (exact) mass is 262 g/mol. The van der Waals surface area contributed by atoms with Crippen LogP contribution < -0.4 is 5.32 Å². The lowest BCUT2D eigenvalue weighted by atomic mass is 10.2. The van der Waals surface area contributed by atoms with E-state index in [1.807, 2.05) is 13.0 Å². The molecule has 104 valence electrons. The van der Waals surface area contributed by atoms with Crippen molar-refractivity contribution >= 4 is 11.6 Å². The second-order valence-corrected chi connectivity index (χ2v) is 5.25. The van der Waals surface area contributed by atoms with Gasteiger partial charge in [-0.2, -0.15) is 14.6 Å². The summed E-state index contributed by atoms with van der Waals surface area (Å²) in [5.74, 6) is 1.60. The zero-order valence-corrected chi connectivity index (χ0v) is 12.1. The van der Waals surface area contributed by atoms with Crippen molar-refractivity contribution in [3.8, 4) is 0 Å². The molecule has 2 aromatic rings. The topological polar surface area (TPSA) is 58.4 Å². The van der Waals surface area contributed by atoms with Gasteiger partial charge in [-0.25, -0.2) is 4.98 Å². The highest BCUT2D eigenvalue weighted by molar-refractivity contribution is 5.45. The average Bonchev–Trinajstić information content (AvgIpc) is 2.76. The Morgan fingerprint density at radius 1 is 1.42 bits per heavy atom. The molecule has 0 saturated carbocycles. The molecule has 0 fully saturated rings. The summed E-state index contributed by atoms with van der Waals surface area (Å²) in [6.07, 6.45) is 3.82. The van der Waals surface area contributed by atoms with Crippen LogP contribution in [0.3, 0.4) is 0 Å². The lowest BCUT2D eigenvalue weighted by Gasteiger charge is -2.17. The zero-order chi connectivity index (χ0) is 13.8. The van der Waals surface area contributed by atoms with E-state index in [1.165, 1.54) is 12.7 Å². The molecule has 0 aliphatic carbocycles. The third-order valence-corrected chi connectivity index (χ3v) is 3.02. The van der Waals surface area contributed by atoms with E-state index in [0.29, 0.717) is 11.8 Å². The molecule has 0 saturated heterocycles. The molecule has 1 N–H and O–H groups in total. The highest BCUT2D eigenvalue weighted by Crippen LogP contribution is 2.13. The summed E-state index contributed by atoms with van der Waals surface area (Å²) in [5, 5.41) is 7.68. The van der Waals surface area contributed by atoms with Gasteiger partial charge in [0, 0.05) is 17.8 Å². The maximum absolute atomic E-state index is 4.33. The van der Waals surface area contributed by atoms with Crippen molar-refractivity contribution in [1.29, 1.82) is 0 Å². The molecule has 6 nitrogen and oxygen atoms in total. The summed E-state index contributed by atoms with van der Waals surface area (Å²) in [6.45, 7) is 5.27. The molecule has 0 spiro atoms. The first kappa shape index (κ1) is 13.7. The first-order valence-electron chi connectivity index (χ1n) is 6.65. The van der Waals surface area contributed by atoms with Crippen LogP contribution in [0.5, 0.6) is 0 Å². The molecule has 2 heterocycles. The van der Waals surface area contributed by atoms with E-state index in [2.05, 4.69) is 46.3 Å². The van der Waals surface area contributed by atoms with E-state index >= 15 is 0 Å². The van der Waals surface area contributed by atoms with E-state index in [4.69, 9.17) is 0 Å². The number of nitrogens with one attached hydrogen (secondary N) is 1. The van der Waals surface area contributed by atoms with Crippen LogP contribution in [0.2, 0.25) is 0 Å². The summed E-state index contributed by atoms with van der Waals surface area (Å²) in [5.41, 5.74) is 0.948. The Morgan fingerprint density at radius 2 is 2.21 bits per heavy atom. The van der Waals surface area contributed by atoms with Gasteiger partial charge in [0.25, 0.3) is 5.78 Å². The van der Waals surface area contributed by atoms with Gasteiger partial charge in [-0.15, -0.1) is 0 Å². The molecular weight excluding hydrogens is 240 g/mol. The van der Waals surface area contributed by atoms with Crippen molar-refractivity contribution in [2.24, 2.45) is 0 Å². The first-order valence-corrected chi connectivity index (χ1v) is 6.65. The number of hydrogen-bond donors (Lipinski definition) is 1. The van der Waals surface area contributed by atoms with Crippen LogP contribution in [0.4, 0.5) is 5.82 Å². The number of fused-ring (bicyclic) bond motifs is 1. The highest BCUT2D eigenvalue weighted by atomic mass is 15.4. The molecule has 2 aromatic heterocycles. The predicted molar refractivity (Wildman–Crippen MR) is 76.4 cm³/mol. The molecule has 19 heavy (non-hydrogen) atoms. The van der Waals surface area contributed by atoms with Gasteiger partial charge in [0.1, 0.15) is 12.1 Å². The van der Waals surface area contributed by atoms with Crippen LogP contribution in [-0.4, -0.2) is 51.2 Å². The summed E-state index contributed by atoms with van der Waals surface area (Å²) < 4.78 is 1.75. The van der Waals surface area contributed by atoms with Gasteiger partial charge in [-0.05, 0) is 47.3 Å². The fourth-order valence-corrected chi connectivity index (χ4v) is 2.07. The van der Waals surface area contributed by atoms with Crippen molar-refractivity contribution in [2.45, 2.75) is 32.7 Å². The minimum Gasteiger partial charge on any atom is -0.367 e. The van der Waals surface area contributed by atoms with Gasteiger partial charge >= 0.3 is 0 Å². The zero-order valence-electron chi connectivity index (χ0n) is 12.1. The van der Waals surface area contributed by atoms with E-state index in [0.717, 1.165) is 24.5 Å². The summed E-state index contributed by atoms with van der Waals surface area (Å²) >= 11 is 0. The second-order valence-electron chi connectivity index (χ2n) is 5.25. The average molecular weight is 262 g/mol. The van der Waals surface area contributed by atoms with E-state index < -0.39 is 0 Å². The van der Waals surface area contributed by atoms with Crippen LogP contribution in [0.25, 0.3) is 5.78 Å². The molecule has 0 radical (unpaired) electrons. The molecule has 0 aliphatic rings. The summed E-state index contributed by atoms with van der Waals surface area (Å²) in [4.78, 5) is 10.7. The first-order chi connectivity index (χ1) is 9.06. The normalized spacial score (nSPS) is 13.1. The summed E-state index contributed by atoms with van der Waals surface area (Å²) in [7, 11) is 4.20. The van der Waals surface area contributed by atoms with Crippen LogP contribution in [-0.2, 0) is 0 Å². The van der Waals surface area contributed by atoms with Crippen molar-refractivity contribution < 1.29 is 0 Å². The van der Waals surface area contributed by atoms with Gasteiger partial charge in [0.2, 0.25) is 0 Å². The Bertz CT molecular complexity index is 533. The van der Waals surface area contributed by atoms with Crippen LogP contribution in [0, 0.1) is 6.92 Å². The summed E-state index contributed by atoms with van der Waals surface area (Å²) in [6, 6.07) is 2.40. The Morgan fingerprint density at radius 3 is 2.95 bits per heavy atom. The Hall–Kier alpha value is -1.69. The van der Waals surface area contributed by atoms with Gasteiger partial charge in [-0.1, -0.05) is 0 Å². The van der Waals surface area contributed by atoms with E-state index in [1.54, 1.807) is 4.52 Å². The van der Waals surface area contributed by atoms with Gasteiger partial charge < -0.3 is 10.2 Å². The van der Waals surface area contributed by atoms with Crippen molar-refractivity contribution in [3.63, 3.8) is 0 Å². The Kier molecular flexibility index (Phi) is 4.31. The quantitative estimate of drug-likeness (QED) is 0.856. The Labute approximate surface area is 113 Å². The third kappa shape index (κ3) is 3.64. The van der Waals surface area contributed by atoms with Crippen LogP contribution >= 0.6 is 0 Å². The molecule has 0 amide bonds. The van der Waals surface area contributed by atoms with Crippen molar-refractivity contribution in [1.82, 2.24) is 24.5 Å². The highest BCUT2D eigenvalue weighted by Gasteiger charge is 2.08. The van der Waals surface area contributed by atoms with Gasteiger partial charge in [0.15, 0.2) is 0 Å². The van der Waals surface area contributed by atoms with E-state index in [9.17, 15) is 0 Å². The fourth-order valence-electron chi connectivity index (χ4n) is 2.07. The lowest BCUT2D eigenvalue weighted by Crippen LogP contribution is -2.20. The number of nitrogens with zero attached hydrogens (tertiary/aromatic N) is 5. The SMILES string of the molecule is Cc1cc(NC(C)CCCN(C)C)n2ncnc2n1. The predicted octanol–water partition coefficient (Wildman–Crippen LogP) is 1.57. The van der Waals surface area contributed by atoms with Gasteiger partial charge in [-0.3, -0.25) is 0 Å². The lowest BCUT2D eigenvalue weighted by molar-refractivity contribution is 0.389. The van der Waals surface area contributed by atoms with E-state index in [-0.39, 0.29) is 0 Å². The number of aryl methyl sites for hydroxylation is 1. The molecular formula is C13H22N6. The Balaban J connectivity index is 2.02. The van der Waals surface area contributed by atoms with Crippen molar-refractivity contribution in [2.75, 3.05) is 26.0 Å². The number of aromatic nitrogens is 4. The maximum atomic E-state index is 4.33. The minimum atomic E-state index is 0.397. The number of hydrogen-bond acceptors (Lipinski definition) is 5. The second kappa shape index (κ2) is 5.97. The largest absolute Gasteiger partial charge is 0.367 e. The molecule has 0 bridgehead atoms. The van der Waals surface area contributed by atoms with Crippen molar-refractivity contribution in [3.05, 3.63) is 18.1 Å². The molecule has 2 rings (SSSR count).